The minimum Gasteiger partial charge on any atom is -0.481 e. The van der Waals surface area contributed by atoms with E-state index in [1.807, 2.05) is 6.07 Å². The number of carboxylic acids is 1. The van der Waals surface area contributed by atoms with Gasteiger partial charge in [0.15, 0.2) is 0 Å². The minimum atomic E-state index is -1.06. The van der Waals surface area contributed by atoms with Crippen molar-refractivity contribution in [3.63, 3.8) is 0 Å². The Hall–Kier alpha value is -1.38. The molecule has 2 rings (SSSR count). The summed E-state index contributed by atoms with van der Waals surface area (Å²) in [6.07, 6.45) is 3.22. The quantitative estimate of drug-likeness (QED) is 0.880. The molecule has 0 saturated heterocycles. The predicted octanol–water partition coefficient (Wildman–Crippen LogP) is 4.00. The molecule has 1 aliphatic rings. The number of hydrogen-bond acceptors (Lipinski definition) is 1. The molecule has 1 atom stereocenters. The van der Waals surface area contributed by atoms with Crippen molar-refractivity contribution in [2.45, 2.75) is 50.6 Å². The third-order valence-electron chi connectivity index (χ3n) is 4.02. The summed E-state index contributed by atoms with van der Waals surface area (Å²) in [6.45, 7) is 1.48. The Morgan fingerprint density at radius 3 is 2.56 bits per heavy atom. The molecule has 1 aromatic carbocycles. The first kappa shape index (κ1) is 13.1. The smallest absolute Gasteiger partial charge is 0.314 e. The molecular formula is C15H19FO2. The van der Waals surface area contributed by atoms with Gasteiger partial charge < -0.3 is 5.11 Å². The lowest BCUT2D eigenvalue weighted by Gasteiger charge is -2.34. The Balaban J connectivity index is 2.42. The maximum atomic E-state index is 13.4. The highest BCUT2D eigenvalue weighted by atomic mass is 19.1. The molecule has 1 aliphatic carbocycles. The molecule has 98 valence electrons. The Kier molecular flexibility index (Phi) is 3.69. The number of hydrogen-bond donors (Lipinski definition) is 1. The lowest BCUT2D eigenvalue weighted by Crippen LogP contribution is -2.37. The SMILES string of the molecule is CC(F)c1cccc(C2(C(=O)O)CCCCC2)c1. The van der Waals surface area contributed by atoms with E-state index in [4.69, 9.17) is 0 Å². The number of halogens is 1. The number of rotatable bonds is 3. The van der Waals surface area contributed by atoms with Crippen LogP contribution in [-0.2, 0) is 10.2 Å². The summed E-state index contributed by atoms with van der Waals surface area (Å²) in [7, 11) is 0. The van der Waals surface area contributed by atoms with Gasteiger partial charge in [0, 0.05) is 0 Å². The van der Waals surface area contributed by atoms with Crippen LogP contribution in [0.25, 0.3) is 0 Å². The number of benzene rings is 1. The summed E-state index contributed by atoms with van der Waals surface area (Å²) in [5, 5.41) is 9.58. The Bertz CT molecular complexity index is 434. The van der Waals surface area contributed by atoms with Crippen molar-refractivity contribution in [3.8, 4) is 0 Å². The standard InChI is InChI=1S/C15H19FO2/c1-11(16)12-6-5-7-13(10-12)15(14(17)18)8-3-2-4-9-15/h5-7,10-11H,2-4,8-9H2,1H3,(H,17,18). The van der Waals surface area contributed by atoms with Gasteiger partial charge in [0.05, 0.1) is 5.41 Å². The van der Waals surface area contributed by atoms with Gasteiger partial charge in [-0.3, -0.25) is 4.79 Å². The number of aliphatic carboxylic acids is 1. The molecule has 1 N–H and O–H groups in total. The molecule has 1 unspecified atom stereocenters. The second kappa shape index (κ2) is 5.09. The van der Waals surface area contributed by atoms with Crippen molar-refractivity contribution >= 4 is 5.97 Å². The average Bonchev–Trinajstić information content (AvgIpc) is 2.39. The van der Waals surface area contributed by atoms with Crippen LogP contribution in [0.4, 0.5) is 4.39 Å². The van der Waals surface area contributed by atoms with Gasteiger partial charge in [-0.1, -0.05) is 43.5 Å². The maximum absolute atomic E-state index is 13.4. The largest absolute Gasteiger partial charge is 0.481 e. The number of carboxylic acid groups (broad SMARTS) is 1. The fraction of sp³-hybridized carbons (Fsp3) is 0.533. The summed E-state index contributed by atoms with van der Waals surface area (Å²) in [4.78, 5) is 11.7. The van der Waals surface area contributed by atoms with Crippen LogP contribution < -0.4 is 0 Å². The van der Waals surface area contributed by atoms with Gasteiger partial charge in [0.2, 0.25) is 0 Å². The van der Waals surface area contributed by atoms with Gasteiger partial charge in [-0.25, -0.2) is 4.39 Å². The van der Waals surface area contributed by atoms with E-state index in [9.17, 15) is 14.3 Å². The lowest BCUT2D eigenvalue weighted by molar-refractivity contribution is -0.145. The summed E-state index contributed by atoms with van der Waals surface area (Å²) < 4.78 is 13.4. The lowest BCUT2D eigenvalue weighted by atomic mass is 9.69. The van der Waals surface area contributed by atoms with E-state index >= 15 is 0 Å². The monoisotopic (exact) mass is 250 g/mol. The third-order valence-corrected chi connectivity index (χ3v) is 4.02. The highest BCUT2D eigenvalue weighted by Gasteiger charge is 2.41. The summed E-state index contributed by atoms with van der Waals surface area (Å²) in [5.74, 6) is -0.772. The topological polar surface area (TPSA) is 37.3 Å². The van der Waals surface area contributed by atoms with Crippen molar-refractivity contribution in [1.29, 1.82) is 0 Å². The zero-order chi connectivity index (χ0) is 13.2. The van der Waals surface area contributed by atoms with Crippen molar-refractivity contribution in [3.05, 3.63) is 35.4 Å². The van der Waals surface area contributed by atoms with Gasteiger partial charge in [0.25, 0.3) is 0 Å². The highest BCUT2D eigenvalue weighted by molar-refractivity contribution is 5.81. The van der Waals surface area contributed by atoms with Crippen LogP contribution in [-0.4, -0.2) is 11.1 Å². The molecule has 0 amide bonds. The van der Waals surface area contributed by atoms with Crippen molar-refractivity contribution in [2.75, 3.05) is 0 Å². The van der Waals surface area contributed by atoms with Gasteiger partial charge in [0.1, 0.15) is 6.17 Å². The summed E-state index contributed by atoms with van der Waals surface area (Å²) in [5.41, 5.74) is 0.527. The van der Waals surface area contributed by atoms with E-state index in [0.717, 1.165) is 24.8 Å². The van der Waals surface area contributed by atoms with Gasteiger partial charge in [-0.15, -0.1) is 0 Å². The van der Waals surface area contributed by atoms with Crippen LogP contribution in [0.15, 0.2) is 24.3 Å². The second-order valence-electron chi connectivity index (χ2n) is 5.19. The third kappa shape index (κ3) is 2.26. The Morgan fingerprint density at radius 1 is 1.33 bits per heavy atom. The Morgan fingerprint density at radius 2 is 2.00 bits per heavy atom. The van der Waals surface area contributed by atoms with Crippen LogP contribution in [0.5, 0.6) is 0 Å². The van der Waals surface area contributed by atoms with Crippen molar-refractivity contribution in [1.82, 2.24) is 0 Å². The molecule has 0 heterocycles. The van der Waals surface area contributed by atoms with Gasteiger partial charge in [-0.05, 0) is 30.9 Å². The molecule has 18 heavy (non-hydrogen) atoms. The molecule has 0 radical (unpaired) electrons. The molecule has 3 heteroatoms. The van der Waals surface area contributed by atoms with E-state index in [1.54, 1.807) is 18.2 Å². The summed E-state index contributed by atoms with van der Waals surface area (Å²) >= 11 is 0. The predicted molar refractivity (Wildman–Crippen MR) is 68.4 cm³/mol. The van der Waals surface area contributed by atoms with Crippen LogP contribution >= 0.6 is 0 Å². The molecular weight excluding hydrogens is 231 g/mol. The fourth-order valence-electron chi connectivity index (χ4n) is 2.87. The van der Waals surface area contributed by atoms with Crippen LogP contribution in [0.1, 0.15) is 56.3 Å². The second-order valence-corrected chi connectivity index (χ2v) is 5.19. The first-order valence-electron chi connectivity index (χ1n) is 6.54. The van der Waals surface area contributed by atoms with E-state index in [1.165, 1.54) is 6.92 Å². The van der Waals surface area contributed by atoms with Gasteiger partial charge in [-0.2, -0.15) is 0 Å². The first-order chi connectivity index (χ1) is 8.56. The van der Waals surface area contributed by atoms with Crippen molar-refractivity contribution in [2.24, 2.45) is 0 Å². The normalized spacial score (nSPS) is 20.3. The van der Waals surface area contributed by atoms with Crippen LogP contribution in [0, 0.1) is 0 Å². The highest BCUT2D eigenvalue weighted by Crippen LogP contribution is 2.40. The number of carbonyl (C=O) groups is 1. The summed E-state index contributed by atoms with van der Waals surface area (Å²) in [6, 6.07) is 7.03. The first-order valence-corrected chi connectivity index (χ1v) is 6.54. The van der Waals surface area contributed by atoms with Crippen molar-refractivity contribution < 1.29 is 14.3 Å². The van der Waals surface area contributed by atoms with E-state index in [2.05, 4.69) is 0 Å². The molecule has 1 saturated carbocycles. The molecule has 0 spiro atoms. The zero-order valence-electron chi connectivity index (χ0n) is 10.7. The van der Waals surface area contributed by atoms with Crippen LogP contribution in [0.2, 0.25) is 0 Å². The van der Waals surface area contributed by atoms with Crippen LogP contribution in [0.3, 0.4) is 0 Å². The number of alkyl halides is 1. The molecule has 0 aromatic heterocycles. The van der Waals surface area contributed by atoms with E-state index in [0.29, 0.717) is 18.4 Å². The minimum absolute atomic E-state index is 0.568. The zero-order valence-corrected chi connectivity index (χ0v) is 10.7. The van der Waals surface area contributed by atoms with E-state index in [-0.39, 0.29) is 0 Å². The van der Waals surface area contributed by atoms with Gasteiger partial charge >= 0.3 is 5.97 Å². The molecule has 1 fully saturated rings. The fourth-order valence-corrected chi connectivity index (χ4v) is 2.87. The molecule has 1 aromatic rings. The molecule has 0 bridgehead atoms. The maximum Gasteiger partial charge on any atom is 0.314 e. The van der Waals surface area contributed by atoms with E-state index < -0.39 is 17.6 Å². The average molecular weight is 250 g/mol. The molecule has 0 aliphatic heterocycles. The Labute approximate surface area is 107 Å². The molecule has 2 nitrogen and oxygen atoms in total.